The molecule has 1 saturated heterocycles. The molecule has 12 heteroatoms. The number of aliphatic hydroxyl groups is 3. The topological polar surface area (TPSA) is 125 Å². The number of aromatic nitrogens is 2. The van der Waals surface area contributed by atoms with E-state index in [1.54, 1.807) is 0 Å². The summed E-state index contributed by atoms with van der Waals surface area (Å²) >= 11 is 0. The molecule has 2 heterocycles. The van der Waals surface area contributed by atoms with Crippen molar-refractivity contribution in [2.75, 3.05) is 6.61 Å². The van der Waals surface area contributed by atoms with Crippen molar-refractivity contribution in [2.24, 2.45) is 0 Å². The lowest BCUT2D eigenvalue weighted by molar-refractivity contribution is -0.306. The molecule has 0 amide bonds. The normalized spacial score (nSPS) is 32.4. The first-order valence-corrected chi connectivity index (χ1v) is 5.77. The van der Waals surface area contributed by atoms with Crippen molar-refractivity contribution in [1.82, 2.24) is 9.55 Å². The Bertz CT molecular complexity index is 685. The molecule has 2 rings (SSSR count). The van der Waals surface area contributed by atoms with Crippen LogP contribution in [0.25, 0.3) is 0 Å². The van der Waals surface area contributed by atoms with Crippen molar-refractivity contribution in [3.8, 4) is 0 Å². The molecule has 0 aliphatic carbocycles. The van der Waals surface area contributed by atoms with Gasteiger partial charge in [-0.15, -0.1) is 0 Å². The number of hydrogen-bond donors (Lipinski definition) is 4. The number of nitrogens with zero attached hydrogens (tertiary/aromatic N) is 1. The summed E-state index contributed by atoms with van der Waals surface area (Å²) in [6, 6.07) is 0. The van der Waals surface area contributed by atoms with Gasteiger partial charge in [0.1, 0.15) is 12.2 Å². The Hall–Kier alpha value is -1.76. The molecule has 0 unspecified atom stereocenters. The van der Waals surface area contributed by atoms with Gasteiger partial charge >= 0.3 is 11.9 Å². The molecular weight excluding hydrogens is 320 g/mol. The van der Waals surface area contributed by atoms with E-state index in [1.165, 1.54) is 4.98 Å². The molecule has 1 aromatic rings. The summed E-state index contributed by atoms with van der Waals surface area (Å²) in [5.74, 6) is -1.52. The zero-order chi connectivity index (χ0) is 16.9. The number of aliphatic hydroxyl groups excluding tert-OH is 3. The zero-order valence-electron chi connectivity index (χ0n) is 10.5. The van der Waals surface area contributed by atoms with Crippen LogP contribution in [0.1, 0.15) is 6.23 Å². The van der Waals surface area contributed by atoms with Crippen LogP contribution in [0.4, 0.5) is 17.6 Å². The molecule has 1 aliphatic heterocycles. The summed E-state index contributed by atoms with van der Waals surface area (Å²) < 4.78 is 56.8. The van der Waals surface area contributed by atoms with Crippen LogP contribution in [0.15, 0.2) is 15.8 Å². The Morgan fingerprint density at radius 1 is 1.36 bits per heavy atom. The van der Waals surface area contributed by atoms with Crippen LogP contribution in [0, 0.1) is 5.82 Å². The van der Waals surface area contributed by atoms with Crippen LogP contribution in [-0.2, 0) is 4.74 Å². The van der Waals surface area contributed by atoms with Crippen LogP contribution in [0.5, 0.6) is 0 Å². The first-order valence-electron chi connectivity index (χ1n) is 5.77. The van der Waals surface area contributed by atoms with Crippen molar-refractivity contribution < 1.29 is 37.6 Å². The van der Waals surface area contributed by atoms with E-state index in [2.05, 4.69) is 4.74 Å². The summed E-state index contributed by atoms with van der Waals surface area (Å²) in [7, 11) is 0. The minimum absolute atomic E-state index is 0.147. The first kappa shape index (κ1) is 16.6. The molecule has 0 bridgehead atoms. The van der Waals surface area contributed by atoms with Crippen LogP contribution in [0.3, 0.4) is 0 Å². The van der Waals surface area contributed by atoms with Crippen LogP contribution < -0.4 is 11.2 Å². The van der Waals surface area contributed by atoms with Gasteiger partial charge in [0, 0.05) is 0 Å². The summed E-state index contributed by atoms with van der Waals surface area (Å²) in [5, 5.41) is 28.2. The van der Waals surface area contributed by atoms with Gasteiger partial charge < -0.3 is 20.1 Å². The highest BCUT2D eigenvalue weighted by atomic mass is 19.4. The van der Waals surface area contributed by atoms with E-state index in [-0.39, 0.29) is 10.8 Å². The summed E-state index contributed by atoms with van der Waals surface area (Å²) in [5.41, 5.74) is -6.33. The lowest BCUT2D eigenvalue weighted by Gasteiger charge is -2.31. The van der Waals surface area contributed by atoms with E-state index >= 15 is 0 Å². The molecule has 0 saturated carbocycles. The van der Waals surface area contributed by atoms with E-state index in [0.29, 0.717) is 0 Å². The van der Waals surface area contributed by atoms with Crippen molar-refractivity contribution in [1.29, 1.82) is 0 Å². The second kappa shape index (κ2) is 5.15. The lowest BCUT2D eigenvalue weighted by atomic mass is 9.95. The van der Waals surface area contributed by atoms with Crippen molar-refractivity contribution in [2.45, 2.75) is 30.2 Å². The third-order valence-corrected chi connectivity index (χ3v) is 3.34. The molecule has 0 radical (unpaired) electrons. The van der Waals surface area contributed by atoms with Gasteiger partial charge in [0.25, 0.3) is 5.56 Å². The van der Waals surface area contributed by atoms with Gasteiger partial charge in [-0.25, -0.2) is 4.79 Å². The second-order valence-electron chi connectivity index (χ2n) is 4.63. The third-order valence-electron chi connectivity index (χ3n) is 3.34. The first-order chi connectivity index (χ1) is 10.0. The predicted molar refractivity (Wildman–Crippen MR) is 59.3 cm³/mol. The minimum Gasteiger partial charge on any atom is -0.393 e. The number of nitrogens with one attached hydrogen (secondary N) is 1. The Kier molecular flexibility index (Phi) is 3.89. The van der Waals surface area contributed by atoms with E-state index in [0.717, 1.165) is 0 Å². The highest BCUT2D eigenvalue weighted by molar-refractivity contribution is 5.06. The molecule has 22 heavy (non-hydrogen) atoms. The van der Waals surface area contributed by atoms with Crippen LogP contribution in [0.2, 0.25) is 0 Å². The smallest absolute Gasteiger partial charge is 0.393 e. The number of hydrogen-bond acceptors (Lipinski definition) is 6. The molecule has 0 spiro atoms. The van der Waals surface area contributed by atoms with E-state index in [9.17, 15) is 37.4 Å². The maximum Gasteiger partial charge on any atom is 0.422 e. The number of halogens is 4. The van der Waals surface area contributed by atoms with E-state index in [4.69, 9.17) is 5.11 Å². The fourth-order valence-corrected chi connectivity index (χ4v) is 2.11. The molecular formula is C10H10F4N2O6. The molecule has 8 nitrogen and oxygen atoms in total. The van der Waals surface area contributed by atoms with Crippen LogP contribution >= 0.6 is 0 Å². The Balaban J connectivity index is 2.54. The van der Waals surface area contributed by atoms with E-state index in [1.807, 2.05) is 0 Å². The van der Waals surface area contributed by atoms with Crippen molar-refractivity contribution in [3.05, 3.63) is 32.9 Å². The van der Waals surface area contributed by atoms with Crippen molar-refractivity contribution >= 4 is 0 Å². The summed E-state index contributed by atoms with van der Waals surface area (Å²) in [4.78, 5) is 23.8. The minimum atomic E-state index is -5.29. The van der Waals surface area contributed by atoms with Gasteiger partial charge in [-0.1, -0.05) is 0 Å². The number of ether oxygens (including phenoxy) is 1. The van der Waals surface area contributed by atoms with Crippen LogP contribution in [-0.4, -0.2) is 55.5 Å². The number of alkyl halides is 3. The van der Waals surface area contributed by atoms with Gasteiger partial charge in [-0.2, -0.15) is 17.6 Å². The largest absolute Gasteiger partial charge is 0.422 e. The summed E-state index contributed by atoms with van der Waals surface area (Å²) in [6.45, 7) is -1.74. The maximum absolute atomic E-state index is 13.2. The van der Waals surface area contributed by atoms with Gasteiger partial charge in [-0.05, 0) is 0 Å². The fourth-order valence-electron chi connectivity index (χ4n) is 2.11. The number of aromatic amines is 1. The van der Waals surface area contributed by atoms with Gasteiger partial charge in [-0.3, -0.25) is 14.3 Å². The molecule has 4 atom stereocenters. The number of H-pyrrole nitrogens is 1. The summed E-state index contributed by atoms with van der Waals surface area (Å²) in [6.07, 6.45) is -12.2. The van der Waals surface area contributed by atoms with Crippen molar-refractivity contribution in [3.63, 3.8) is 0 Å². The van der Waals surface area contributed by atoms with E-state index < -0.39 is 53.9 Å². The third kappa shape index (κ3) is 2.24. The van der Waals surface area contributed by atoms with Gasteiger partial charge in [0.2, 0.25) is 11.4 Å². The Labute approximate surface area is 118 Å². The Morgan fingerprint density at radius 3 is 2.41 bits per heavy atom. The average Bonchev–Trinajstić information content (AvgIpc) is 2.67. The maximum atomic E-state index is 13.2. The second-order valence-corrected chi connectivity index (χ2v) is 4.63. The molecule has 124 valence electrons. The molecule has 1 aliphatic rings. The highest BCUT2D eigenvalue weighted by Crippen LogP contribution is 2.46. The quantitative estimate of drug-likeness (QED) is 0.475. The lowest BCUT2D eigenvalue weighted by Crippen LogP contribution is -2.57. The van der Waals surface area contributed by atoms with Gasteiger partial charge in [0.05, 0.1) is 12.8 Å². The highest BCUT2D eigenvalue weighted by Gasteiger charge is 2.69. The molecule has 1 fully saturated rings. The number of rotatable bonds is 2. The molecule has 0 aromatic carbocycles. The Morgan fingerprint density at radius 2 is 1.95 bits per heavy atom. The zero-order valence-corrected chi connectivity index (χ0v) is 10.5. The average molecular weight is 330 g/mol. The van der Waals surface area contributed by atoms with Gasteiger partial charge in [0.15, 0.2) is 6.23 Å². The monoisotopic (exact) mass is 330 g/mol. The fraction of sp³-hybridized carbons (Fsp3) is 0.600. The predicted octanol–water partition coefficient (Wildman–Crippen LogP) is -1.78. The molecule has 4 N–H and O–H groups in total. The SMILES string of the molecule is O=c1[nH]c(=O)n([C@@H]2O[C@@](CO)(C(F)(F)F)[C@@H](O)[C@H]2O)cc1F. The molecule has 1 aromatic heterocycles. The standard InChI is InChI=1S/C10H10F4N2O6/c11-3-1-16(8(21)15-6(3)20)7-4(18)5(19)9(2-17,22-7)10(12,13)14/h1,4-5,7,17-19H,2H2,(H,15,20,21)/t4-,5+,7-,9-/m1/s1.